The highest BCUT2D eigenvalue weighted by Gasteiger charge is 2.38. The third-order valence-corrected chi connectivity index (χ3v) is 5.91. The first-order valence-electron chi connectivity index (χ1n) is 11.8. The Balaban J connectivity index is 2.26. The van der Waals surface area contributed by atoms with Gasteiger partial charge in [0.05, 0.1) is 12.5 Å². The van der Waals surface area contributed by atoms with Gasteiger partial charge in [-0.25, -0.2) is 4.79 Å². The highest BCUT2D eigenvalue weighted by atomic mass is 16.4. The van der Waals surface area contributed by atoms with Gasteiger partial charge >= 0.3 is 5.97 Å². The SMILES string of the molecule is CC(C)CC(NC(=O)C(Cc1ccc(O)cc1)NC(=O)C(N)CC(N)=O)C(=O)N1CCCC1C(=O)O. The van der Waals surface area contributed by atoms with Gasteiger partial charge < -0.3 is 37.2 Å². The summed E-state index contributed by atoms with van der Waals surface area (Å²) in [6.07, 6.45) is 0.724. The van der Waals surface area contributed by atoms with E-state index in [9.17, 15) is 34.2 Å². The normalized spacial score (nSPS) is 17.8. The lowest BCUT2D eigenvalue weighted by atomic mass is 10.00. The van der Waals surface area contributed by atoms with Crippen molar-refractivity contribution >= 4 is 29.6 Å². The van der Waals surface area contributed by atoms with Gasteiger partial charge in [0.1, 0.15) is 23.9 Å². The number of carboxylic acids is 1. The summed E-state index contributed by atoms with van der Waals surface area (Å²) >= 11 is 0. The molecule has 12 heteroatoms. The van der Waals surface area contributed by atoms with E-state index in [2.05, 4.69) is 10.6 Å². The molecule has 0 radical (unpaired) electrons. The second kappa shape index (κ2) is 12.9. The minimum atomic E-state index is -1.27. The molecule has 1 aromatic carbocycles. The van der Waals surface area contributed by atoms with E-state index in [1.54, 1.807) is 12.1 Å². The Bertz CT molecular complexity index is 966. The number of rotatable bonds is 12. The molecule has 1 aliphatic heterocycles. The molecule has 1 saturated heterocycles. The Labute approximate surface area is 209 Å². The number of likely N-dealkylation sites (tertiary alicyclic amines) is 1. The maximum Gasteiger partial charge on any atom is 0.326 e. The summed E-state index contributed by atoms with van der Waals surface area (Å²) in [7, 11) is 0. The Morgan fingerprint density at radius 1 is 1.06 bits per heavy atom. The zero-order valence-corrected chi connectivity index (χ0v) is 20.5. The maximum absolute atomic E-state index is 13.3. The van der Waals surface area contributed by atoms with Crippen LogP contribution in [0.1, 0.15) is 45.1 Å². The zero-order chi connectivity index (χ0) is 27.0. The third-order valence-electron chi connectivity index (χ3n) is 5.91. The lowest BCUT2D eigenvalue weighted by molar-refractivity contribution is -0.149. The summed E-state index contributed by atoms with van der Waals surface area (Å²) in [5.74, 6) is -3.80. The summed E-state index contributed by atoms with van der Waals surface area (Å²) in [6, 6.07) is 1.60. The number of carbonyl (C=O) groups excluding carboxylic acids is 4. The van der Waals surface area contributed by atoms with Crippen LogP contribution in [0.2, 0.25) is 0 Å². The molecule has 4 amide bonds. The molecule has 1 heterocycles. The van der Waals surface area contributed by atoms with Crippen LogP contribution in [0.5, 0.6) is 5.75 Å². The standard InChI is InChI=1S/C24H35N5O7/c1-13(2)10-18(23(34)29-9-3-4-19(29)24(35)36)28-22(33)17(11-14-5-7-15(30)8-6-14)27-21(32)16(25)12-20(26)31/h5-8,13,16-19,30H,3-4,9-12,25H2,1-2H3,(H2,26,31)(H,27,32)(H,28,33)(H,35,36). The second-order valence-electron chi connectivity index (χ2n) is 9.43. The van der Waals surface area contributed by atoms with Gasteiger partial charge in [-0.1, -0.05) is 26.0 Å². The zero-order valence-electron chi connectivity index (χ0n) is 20.5. The van der Waals surface area contributed by atoms with Gasteiger partial charge in [-0.15, -0.1) is 0 Å². The number of nitrogens with two attached hydrogens (primary N) is 2. The number of primary amides is 1. The molecule has 0 aromatic heterocycles. The number of nitrogens with zero attached hydrogens (tertiary/aromatic N) is 1. The Morgan fingerprint density at radius 2 is 1.67 bits per heavy atom. The number of hydrogen-bond acceptors (Lipinski definition) is 7. The van der Waals surface area contributed by atoms with E-state index < -0.39 is 60.2 Å². The Hall–Kier alpha value is -3.67. The monoisotopic (exact) mass is 505 g/mol. The molecule has 0 bridgehead atoms. The van der Waals surface area contributed by atoms with Crippen LogP contribution in [0.15, 0.2) is 24.3 Å². The van der Waals surface area contributed by atoms with Crippen molar-refractivity contribution in [2.45, 2.75) is 70.1 Å². The number of phenols is 1. The molecule has 8 N–H and O–H groups in total. The van der Waals surface area contributed by atoms with Crippen LogP contribution in [0, 0.1) is 5.92 Å². The van der Waals surface area contributed by atoms with Gasteiger partial charge in [-0.05, 0) is 42.9 Å². The Kier molecular flexibility index (Phi) is 10.2. The van der Waals surface area contributed by atoms with E-state index >= 15 is 0 Å². The van der Waals surface area contributed by atoms with Crippen LogP contribution in [-0.4, -0.2) is 75.4 Å². The van der Waals surface area contributed by atoms with Crippen molar-refractivity contribution in [2.75, 3.05) is 6.54 Å². The minimum absolute atomic E-state index is 0.000686. The van der Waals surface area contributed by atoms with Crippen molar-refractivity contribution in [1.29, 1.82) is 0 Å². The quantitative estimate of drug-likeness (QED) is 0.212. The summed E-state index contributed by atoms with van der Waals surface area (Å²) < 4.78 is 0. The van der Waals surface area contributed by atoms with Crippen LogP contribution in [-0.2, 0) is 30.4 Å². The summed E-state index contributed by atoms with van der Waals surface area (Å²) in [5.41, 5.74) is 11.4. The molecule has 1 fully saturated rings. The highest BCUT2D eigenvalue weighted by molar-refractivity contribution is 5.95. The average Bonchev–Trinajstić information content (AvgIpc) is 3.28. The molecule has 0 aliphatic carbocycles. The van der Waals surface area contributed by atoms with Crippen molar-refractivity contribution in [3.8, 4) is 5.75 Å². The third kappa shape index (κ3) is 8.22. The van der Waals surface area contributed by atoms with Crippen LogP contribution in [0.25, 0.3) is 0 Å². The van der Waals surface area contributed by atoms with E-state index in [-0.39, 0.29) is 31.1 Å². The number of nitrogens with one attached hydrogen (secondary N) is 2. The largest absolute Gasteiger partial charge is 0.508 e. The molecule has 36 heavy (non-hydrogen) atoms. The summed E-state index contributed by atoms with van der Waals surface area (Å²) in [5, 5.41) is 24.2. The second-order valence-corrected chi connectivity index (χ2v) is 9.43. The van der Waals surface area contributed by atoms with Gasteiger partial charge in [0.25, 0.3) is 0 Å². The summed E-state index contributed by atoms with van der Waals surface area (Å²) in [4.78, 5) is 63.2. The first kappa shape index (κ1) is 28.6. The minimum Gasteiger partial charge on any atom is -0.508 e. The fourth-order valence-electron chi connectivity index (χ4n) is 4.12. The molecule has 1 aromatic rings. The van der Waals surface area contributed by atoms with Crippen LogP contribution < -0.4 is 22.1 Å². The van der Waals surface area contributed by atoms with Gasteiger partial charge in [0.15, 0.2) is 0 Å². The number of carboxylic acid groups (broad SMARTS) is 1. The van der Waals surface area contributed by atoms with Crippen molar-refractivity contribution in [3.63, 3.8) is 0 Å². The lowest BCUT2D eigenvalue weighted by Gasteiger charge is -2.29. The highest BCUT2D eigenvalue weighted by Crippen LogP contribution is 2.20. The maximum atomic E-state index is 13.3. The number of amides is 4. The van der Waals surface area contributed by atoms with Gasteiger partial charge in [-0.3, -0.25) is 19.2 Å². The van der Waals surface area contributed by atoms with Crippen molar-refractivity contribution in [1.82, 2.24) is 15.5 Å². The van der Waals surface area contributed by atoms with Crippen LogP contribution >= 0.6 is 0 Å². The van der Waals surface area contributed by atoms with Gasteiger partial charge in [0, 0.05) is 13.0 Å². The fraction of sp³-hybridized carbons (Fsp3) is 0.542. The molecule has 198 valence electrons. The first-order chi connectivity index (χ1) is 16.9. The molecule has 0 saturated carbocycles. The van der Waals surface area contributed by atoms with Crippen molar-refractivity contribution in [2.24, 2.45) is 17.4 Å². The van der Waals surface area contributed by atoms with Crippen molar-refractivity contribution in [3.05, 3.63) is 29.8 Å². The number of aromatic hydroxyl groups is 1. The molecule has 4 atom stereocenters. The van der Waals surface area contributed by atoms with E-state index in [0.717, 1.165) is 0 Å². The molecule has 4 unspecified atom stereocenters. The Morgan fingerprint density at radius 3 is 2.22 bits per heavy atom. The van der Waals surface area contributed by atoms with Crippen LogP contribution in [0.4, 0.5) is 0 Å². The van der Waals surface area contributed by atoms with Gasteiger partial charge in [0.2, 0.25) is 23.6 Å². The predicted molar refractivity (Wildman–Crippen MR) is 129 cm³/mol. The topological polar surface area (TPSA) is 205 Å². The number of benzene rings is 1. The van der Waals surface area contributed by atoms with Crippen LogP contribution in [0.3, 0.4) is 0 Å². The number of carbonyl (C=O) groups is 5. The molecule has 1 aliphatic rings. The fourth-order valence-corrected chi connectivity index (χ4v) is 4.12. The smallest absolute Gasteiger partial charge is 0.326 e. The molecule has 12 nitrogen and oxygen atoms in total. The molecule has 0 spiro atoms. The number of hydrogen-bond donors (Lipinski definition) is 6. The van der Waals surface area contributed by atoms with E-state index in [1.165, 1.54) is 17.0 Å². The number of phenolic OH excluding ortho intramolecular Hbond substituents is 1. The van der Waals surface area contributed by atoms with Crippen molar-refractivity contribution < 1.29 is 34.2 Å². The van der Waals surface area contributed by atoms with E-state index in [0.29, 0.717) is 18.4 Å². The predicted octanol–water partition coefficient (Wildman–Crippen LogP) is -0.771. The molecular weight excluding hydrogens is 470 g/mol. The lowest BCUT2D eigenvalue weighted by Crippen LogP contribution is -2.58. The molecule has 2 rings (SSSR count). The van der Waals surface area contributed by atoms with E-state index in [1.807, 2.05) is 13.8 Å². The average molecular weight is 506 g/mol. The molecular formula is C24H35N5O7. The number of aliphatic carboxylic acids is 1. The van der Waals surface area contributed by atoms with E-state index in [4.69, 9.17) is 11.5 Å². The van der Waals surface area contributed by atoms with Gasteiger partial charge in [-0.2, -0.15) is 0 Å². The summed E-state index contributed by atoms with van der Waals surface area (Å²) in [6.45, 7) is 4.00. The first-order valence-corrected chi connectivity index (χ1v) is 11.8.